The van der Waals surface area contributed by atoms with Gasteiger partial charge in [-0.05, 0) is 146 Å². The molecule has 0 atom stereocenters. The second-order valence-corrected chi connectivity index (χ2v) is 20.7. The van der Waals surface area contributed by atoms with Crippen LogP contribution in [0.5, 0.6) is 0 Å². The Morgan fingerprint density at radius 2 is 0.970 bits per heavy atom. The van der Waals surface area contributed by atoms with Gasteiger partial charge in [-0.15, -0.1) is 0 Å². The van der Waals surface area contributed by atoms with Crippen LogP contribution in [0.1, 0.15) is 80.5 Å². The van der Waals surface area contributed by atoms with Gasteiger partial charge in [-0.25, -0.2) is 0 Å². The van der Waals surface area contributed by atoms with Gasteiger partial charge in [-0.3, -0.25) is 4.98 Å². The SMILES string of the molecule is Cc1cccc(N(c2ccc3c(c2)C(C)(C)c2cc(-c4ccncc4)c4oc5ccccc5c4c2-3)c2ccc3c(c2)C(C)(C)c2c4c(c5oc6ccccc6c5c2-3)-c2ccccc2C4(C)C)c1. The quantitative estimate of drug-likeness (QED) is 0.177. The van der Waals surface area contributed by atoms with Gasteiger partial charge < -0.3 is 13.7 Å². The fraction of sp³-hybridized carbons (Fsp3) is 0.159. The third-order valence-electron chi connectivity index (χ3n) is 15.9. The van der Waals surface area contributed by atoms with Gasteiger partial charge in [0.15, 0.2) is 0 Å². The van der Waals surface area contributed by atoms with E-state index >= 15 is 0 Å². The normalized spacial score (nSPS) is 15.4. The topological polar surface area (TPSA) is 42.4 Å². The van der Waals surface area contributed by atoms with Crippen molar-refractivity contribution in [2.45, 2.75) is 64.7 Å². The average Bonchev–Trinajstić information content (AvgIpc) is 4.08. The van der Waals surface area contributed by atoms with Gasteiger partial charge in [0.2, 0.25) is 0 Å². The summed E-state index contributed by atoms with van der Waals surface area (Å²) in [6, 6.07) is 56.0. The van der Waals surface area contributed by atoms with Crippen LogP contribution in [0, 0.1) is 6.92 Å². The Bertz CT molecular complexity index is 3970. The number of aromatic nitrogens is 1. The zero-order valence-corrected chi connectivity index (χ0v) is 38.8. The van der Waals surface area contributed by atoms with Crippen molar-refractivity contribution in [2.24, 2.45) is 0 Å². The number of benzene rings is 8. The molecule has 3 aliphatic carbocycles. The van der Waals surface area contributed by atoms with Crippen LogP contribution in [0.2, 0.25) is 0 Å². The molecule has 0 bridgehead atoms. The minimum absolute atomic E-state index is 0.221. The molecule has 11 aromatic rings. The van der Waals surface area contributed by atoms with E-state index in [4.69, 9.17) is 8.83 Å². The highest BCUT2D eigenvalue weighted by atomic mass is 16.3. The smallest absolute Gasteiger partial charge is 0.144 e. The molecule has 0 amide bonds. The van der Waals surface area contributed by atoms with Crippen molar-refractivity contribution in [2.75, 3.05) is 4.90 Å². The van der Waals surface area contributed by atoms with Gasteiger partial charge in [0.1, 0.15) is 22.3 Å². The molecule has 0 unspecified atom stereocenters. The lowest BCUT2D eigenvalue weighted by Gasteiger charge is -2.32. The number of furan rings is 2. The van der Waals surface area contributed by atoms with Crippen molar-refractivity contribution in [3.05, 3.63) is 203 Å². The third kappa shape index (κ3) is 4.95. The zero-order chi connectivity index (χ0) is 45.3. The number of rotatable bonds is 4. The highest BCUT2D eigenvalue weighted by molar-refractivity contribution is 6.21. The summed E-state index contributed by atoms with van der Waals surface area (Å²) in [5, 5.41) is 4.70. The lowest BCUT2D eigenvalue weighted by molar-refractivity contribution is 0.600. The fourth-order valence-electron chi connectivity index (χ4n) is 12.8. The van der Waals surface area contributed by atoms with Crippen LogP contribution < -0.4 is 4.90 Å². The van der Waals surface area contributed by atoms with Gasteiger partial charge >= 0.3 is 0 Å². The average molecular weight is 865 g/mol. The Labute approximate surface area is 390 Å². The maximum Gasteiger partial charge on any atom is 0.144 e. The van der Waals surface area contributed by atoms with Crippen LogP contribution in [0.3, 0.4) is 0 Å². The maximum atomic E-state index is 6.97. The molecule has 8 aromatic carbocycles. The summed E-state index contributed by atoms with van der Waals surface area (Å²) in [5.74, 6) is 0. The van der Waals surface area contributed by atoms with Crippen molar-refractivity contribution in [3.63, 3.8) is 0 Å². The van der Waals surface area contributed by atoms with Gasteiger partial charge in [-0.1, -0.05) is 126 Å². The van der Waals surface area contributed by atoms with E-state index in [1.165, 1.54) is 88.5 Å². The fourth-order valence-corrected chi connectivity index (χ4v) is 12.8. The lowest BCUT2D eigenvalue weighted by Crippen LogP contribution is -2.24. The first-order valence-corrected chi connectivity index (χ1v) is 23.6. The molecule has 0 fully saturated rings. The molecule has 0 aliphatic heterocycles. The van der Waals surface area contributed by atoms with Crippen LogP contribution in [0.15, 0.2) is 173 Å². The molecule has 3 heterocycles. The Morgan fingerprint density at radius 3 is 1.67 bits per heavy atom. The molecule has 0 N–H and O–H groups in total. The van der Waals surface area contributed by atoms with Crippen LogP contribution in [-0.2, 0) is 16.2 Å². The zero-order valence-electron chi connectivity index (χ0n) is 38.8. The highest BCUT2D eigenvalue weighted by Gasteiger charge is 2.49. The van der Waals surface area contributed by atoms with Crippen LogP contribution in [0.4, 0.5) is 17.1 Å². The van der Waals surface area contributed by atoms with E-state index < -0.39 is 0 Å². The van der Waals surface area contributed by atoms with Crippen molar-refractivity contribution in [1.29, 1.82) is 0 Å². The van der Waals surface area contributed by atoms with Crippen LogP contribution >= 0.6 is 0 Å². The minimum Gasteiger partial charge on any atom is -0.455 e. The Kier molecular flexibility index (Phi) is 7.49. The van der Waals surface area contributed by atoms with Crippen LogP contribution in [0.25, 0.3) is 88.4 Å². The van der Waals surface area contributed by atoms with Crippen molar-refractivity contribution in [1.82, 2.24) is 4.98 Å². The minimum atomic E-state index is -0.318. The van der Waals surface area contributed by atoms with E-state index in [-0.39, 0.29) is 16.2 Å². The molecule has 0 spiro atoms. The molecule has 67 heavy (non-hydrogen) atoms. The number of pyridine rings is 1. The predicted molar refractivity (Wildman–Crippen MR) is 276 cm³/mol. The van der Waals surface area contributed by atoms with Crippen molar-refractivity contribution in [3.8, 4) is 44.5 Å². The lowest BCUT2D eigenvalue weighted by atomic mass is 9.72. The summed E-state index contributed by atoms with van der Waals surface area (Å²) in [6.07, 6.45) is 3.74. The monoisotopic (exact) mass is 864 g/mol. The second-order valence-electron chi connectivity index (χ2n) is 20.7. The molecule has 0 saturated heterocycles. The Morgan fingerprint density at radius 1 is 0.418 bits per heavy atom. The van der Waals surface area contributed by atoms with E-state index in [0.29, 0.717) is 0 Å². The number of hydrogen-bond donors (Lipinski definition) is 0. The summed E-state index contributed by atoms with van der Waals surface area (Å²) in [7, 11) is 0. The molecule has 3 aromatic heterocycles. The third-order valence-corrected chi connectivity index (χ3v) is 15.9. The number of nitrogens with zero attached hydrogens (tertiary/aromatic N) is 2. The number of aryl methyl sites for hydroxylation is 1. The number of fused-ring (bicyclic) bond motifs is 19. The van der Waals surface area contributed by atoms with E-state index in [1.807, 2.05) is 12.4 Å². The van der Waals surface area contributed by atoms with E-state index in [0.717, 1.165) is 55.9 Å². The first-order valence-electron chi connectivity index (χ1n) is 23.6. The number of para-hydroxylation sites is 2. The summed E-state index contributed by atoms with van der Waals surface area (Å²) in [6.45, 7) is 16.7. The molecule has 3 aliphatic rings. The van der Waals surface area contributed by atoms with E-state index in [1.54, 1.807) is 0 Å². The molecule has 4 nitrogen and oxygen atoms in total. The van der Waals surface area contributed by atoms with Gasteiger partial charge in [0.25, 0.3) is 0 Å². The Hall–Kier alpha value is -7.69. The predicted octanol–water partition coefficient (Wildman–Crippen LogP) is 17.2. The first-order chi connectivity index (χ1) is 32.4. The largest absolute Gasteiger partial charge is 0.455 e. The molecular formula is C63H48N2O2. The van der Waals surface area contributed by atoms with Crippen LogP contribution in [-0.4, -0.2) is 4.98 Å². The molecule has 0 saturated carbocycles. The highest BCUT2D eigenvalue weighted by Crippen LogP contribution is 2.64. The number of anilines is 3. The summed E-state index contributed by atoms with van der Waals surface area (Å²) < 4.78 is 13.7. The molecule has 14 rings (SSSR count). The molecule has 322 valence electrons. The maximum absolute atomic E-state index is 6.97. The summed E-state index contributed by atoms with van der Waals surface area (Å²) in [4.78, 5) is 6.83. The molecular weight excluding hydrogens is 817 g/mol. The second kappa shape index (κ2) is 13.0. The van der Waals surface area contributed by atoms with Gasteiger partial charge in [-0.2, -0.15) is 0 Å². The standard InChI is InChI=1S/C63H48N2O2/c1-35-15-14-16-37(31-35)65(38-23-25-41-47(32-38)61(2,3)49-34-45(36-27-29-64-30-28-36)59-54(52(41)49)43-18-9-12-21-50(43)66-59)39-24-26-42-48(33-39)63(6,7)57-53(42)55-44-19-10-13-22-51(44)67-60(55)56-40-17-8-11-20-46(40)62(4,5)58(56)57/h8-34H,1-7H3. The van der Waals surface area contributed by atoms with Crippen molar-refractivity contribution < 1.29 is 8.83 Å². The van der Waals surface area contributed by atoms with Gasteiger partial charge in [0, 0.05) is 78.4 Å². The molecule has 0 radical (unpaired) electrons. The summed E-state index contributed by atoms with van der Waals surface area (Å²) >= 11 is 0. The van der Waals surface area contributed by atoms with Crippen molar-refractivity contribution >= 4 is 60.9 Å². The number of hydrogen-bond acceptors (Lipinski definition) is 4. The van der Waals surface area contributed by atoms with E-state index in [9.17, 15) is 0 Å². The summed E-state index contributed by atoms with van der Waals surface area (Å²) in [5.41, 5.74) is 25.4. The Balaban J connectivity index is 0.990. The van der Waals surface area contributed by atoms with Gasteiger partial charge in [0.05, 0.1) is 0 Å². The van der Waals surface area contributed by atoms with E-state index in [2.05, 4.69) is 210 Å². The first kappa shape index (κ1) is 38.6. The molecule has 4 heteroatoms.